The van der Waals surface area contributed by atoms with Gasteiger partial charge >= 0.3 is 0 Å². The van der Waals surface area contributed by atoms with Gasteiger partial charge in [-0.25, -0.2) is 4.39 Å². The molecule has 0 aromatic heterocycles. The fourth-order valence-electron chi connectivity index (χ4n) is 3.92. The molecule has 1 saturated heterocycles. The Hall–Kier alpha value is -0.880. The van der Waals surface area contributed by atoms with Crippen molar-refractivity contribution in [1.29, 1.82) is 0 Å². The van der Waals surface area contributed by atoms with E-state index in [0.717, 1.165) is 6.42 Å². The number of halogens is 2. The highest BCUT2D eigenvalue weighted by Crippen LogP contribution is 2.43. The summed E-state index contributed by atoms with van der Waals surface area (Å²) in [4.78, 5) is 0. The van der Waals surface area contributed by atoms with Gasteiger partial charge in [-0.15, -0.1) is 0 Å². The number of alkyl halides is 1. The molecule has 3 rings (SSSR count). The molecule has 1 aliphatic heterocycles. The molecule has 2 N–H and O–H groups in total. The smallest absolute Gasteiger partial charge is 0.154 e. The third-order valence-corrected chi connectivity index (χ3v) is 5.35. The number of ether oxygens (including phenoxy) is 2. The van der Waals surface area contributed by atoms with Crippen molar-refractivity contribution in [3.63, 3.8) is 0 Å². The number of rotatable bonds is 6. The lowest BCUT2D eigenvalue weighted by Crippen LogP contribution is -2.34. The molecule has 0 radical (unpaired) electrons. The molecule has 1 aliphatic carbocycles. The molecule has 1 aromatic rings. The second-order valence-electron chi connectivity index (χ2n) is 6.78. The topological polar surface area (TPSA) is 58.9 Å². The molecule has 134 valence electrons. The molecule has 6 heteroatoms. The van der Waals surface area contributed by atoms with E-state index in [1.165, 1.54) is 0 Å². The molecular weight excluding hydrogens is 335 g/mol. The Morgan fingerprint density at radius 2 is 2.17 bits per heavy atom. The highest BCUT2D eigenvalue weighted by molar-refractivity contribution is 6.30. The van der Waals surface area contributed by atoms with Crippen LogP contribution < -0.4 is 4.74 Å². The quantitative estimate of drug-likeness (QED) is 0.819. The largest absolute Gasteiger partial charge is 0.491 e. The summed E-state index contributed by atoms with van der Waals surface area (Å²) in [5.74, 6) is 0.803. The van der Waals surface area contributed by atoms with Gasteiger partial charge in [0, 0.05) is 11.4 Å². The van der Waals surface area contributed by atoms with Gasteiger partial charge in [0.15, 0.2) is 6.29 Å². The summed E-state index contributed by atoms with van der Waals surface area (Å²) in [6, 6.07) is 6.90. The van der Waals surface area contributed by atoms with Crippen molar-refractivity contribution in [2.24, 2.45) is 11.8 Å². The van der Waals surface area contributed by atoms with Crippen LogP contribution in [-0.4, -0.2) is 41.5 Å². The van der Waals surface area contributed by atoms with Gasteiger partial charge in [0.05, 0.1) is 12.2 Å². The summed E-state index contributed by atoms with van der Waals surface area (Å²) in [6.45, 7) is -0.0214. The van der Waals surface area contributed by atoms with E-state index in [1.54, 1.807) is 24.3 Å². The van der Waals surface area contributed by atoms with Gasteiger partial charge in [-0.1, -0.05) is 17.7 Å². The van der Waals surface area contributed by atoms with Gasteiger partial charge in [0.1, 0.15) is 18.5 Å². The van der Waals surface area contributed by atoms with Gasteiger partial charge < -0.3 is 19.7 Å². The van der Waals surface area contributed by atoms with Crippen LogP contribution >= 0.6 is 11.6 Å². The molecular formula is C18H24ClFO4. The minimum atomic E-state index is -1.09. The highest BCUT2D eigenvalue weighted by Gasteiger charge is 2.45. The first-order chi connectivity index (χ1) is 11.5. The predicted molar refractivity (Wildman–Crippen MR) is 88.8 cm³/mol. The van der Waals surface area contributed by atoms with E-state index in [4.69, 9.17) is 21.1 Å². The number of aliphatic hydroxyl groups is 2. The van der Waals surface area contributed by atoms with Crippen LogP contribution in [0.3, 0.4) is 0 Å². The van der Waals surface area contributed by atoms with Gasteiger partial charge in [0.25, 0.3) is 0 Å². The number of hydrogen-bond acceptors (Lipinski definition) is 4. The SMILES string of the molecule is OC1CC[C@@H]2[C@@H](CC[C@@H](F)COc3cccc(Cl)c3)[C@H](O)C[C@@H]2O1. The van der Waals surface area contributed by atoms with Crippen LogP contribution in [0.25, 0.3) is 0 Å². The third-order valence-electron chi connectivity index (χ3n) is 5.11. The monoisotopic (exact) mass is 358 g/mol. The molecule has 24 heavy (non-hydrogen) atoms. The Morgan fingerprint density at radius 1 is 1.33 bits per heavy atom. The molecule has 1 aromatic carbocycles. The Labute approximate surface area is 146 Å². The zero-order chi connectivity index (χ0) is 17.1. The van der Waals surface area contributed by atoms with Crippen LogP contribution in [0, 0.1) is 11.8 Å². The molecule has 1 heterocycles. The number of benzene rings is 1. The number of fused-ring (bicyclic) bond motifs is 1. The first-order valence-corrected chi connectivity index (χ1v) is 8.94. The predicted octanol–water partition coefficient (Wildman–Crippen LogP) is 3.33. The molecule has 1 unspecified atom stereocenters. The van der Waals surface area contributed by atoms with Gasteiger partial charge in [-0.3, -0.25) is 0 Å². The van der Waals surface area contributed by atoms with Crippen molar-refractivity contribution in [3.05, 3.63) is 29.3 Å². The van der Waals surface area contributed by atoms with Crippen molar-refractivity contribution < 1.29 is 24.1 Å². The van der Waals surface area contributed by atoms with Crippen molar-refractivity contribution in [2.45, 2.75) is 56.8 Å². The van der Waals surface area contributed by atoms with E-state index in [-0.39, 0.29) is 24.5 Å². The summed E-state index contributed by atoms with van der Waals surface area (Å²) >= 11 is 5.87. The molecule has 2 fully saturated rings. The van der Waals surface area contributed by atoms with Crippen LogP contribution in [0.1, 0.15) is 32.1 Å². The van der Waals surface area contributed by atoms with Gasteiger partial charge in [0.2, 0.25) is 0 Å². The maximum Gasteiger partial charge on any atom is 0.154 e. The number of aliphatic hydroxyl groups excluding tert-OH is 2. The Bertz CT molecular complexity index is 544. The fourth-order valence-corrected chi connectivity index (χ4v) is 4.10. The normalized spacial score (nSPS) is 33.9. The Balaban J connectivity index is 1.45. The lowest BCUT2D eigenvalue weighted by molar-refractivity contribution is -0.178. The highest BCUT2D eigenvalue weighted by atomic mass is 35.5. The first kappa shape index (κ1) is 17.9. The standard InChI is InChI=1S/C18H24ClFO4/c19-11-2-1-3-13(8-11)23-10-12(20)4-5-14-15-6-7-18(22)24-17(15)9-16(14)21/h1-3,8,12,14-18,21-22H,4-7,9-10H2/t12-,14-,15-,16-,17+,18?/m1/s1. The maximum atomic E-state index is 14.1. The molecule has 1 saturated carbocycles. The average molecular weight is 359 g/mol. The van der Waals surface area contributed by atoms with E-state index >= 15 is 0 Å². The third kappa shape index (κ3) is 4.39. The summed E-state index contributed by atoms with van der Waals surface area (Å²) < 4.78 is 25.1. The van der Waals surface area contributed by atoms with E-state index in [2.05, 4.69) is 0 Å². The van der Waals surface area contributed by atoms with E-state index < -0.39 is 18.6 Å². The molecule has 0 amide bonds. The Morgan fingerprint density at radius 3 is 2.96 bits per heavy atom. The second kappa shape index (κ2) is 8.00. The molecule has 2 aliphatic rings. The van der Waals surface area contributed by atoms with Crippen LogP contribution in [-0.2, 0) is 4.74 Å². The summed E-state index contributed by atoms with van der Waals surface area (Å²) in [7, 11) is 0. The summed E-state index contributed by atoms with van der Waals surface area (Å²) in [6.07, 6.45) is 0.478. The van der Waals surface area contributed by atoms with E-state index in [9.17, 15) is 14.6 Å². The average Bonchev–Trinajstić information content (AvgIpc) is 2.85. The minimum absolute atomic E-state index is 0.0214. The second-order valence-corrected chi connectivity index (χ2v) is 7.22. The lowest BCUT2D eigenvalue weighted by Gasteiger charge is -2.32. The fraction of sp³-hybridized carbons (Fsp3) is 0.667. The first-order valence-electron chi connectivity index (χ1n) is 8.57. The van der Waals surface area contributed by atoms with E-state index in [0.29, 0.717) is 36.5 Å². The van der Waals surface area contributed by atoms with Crippen molar-refractivity contribution >= 4 is 11.6 Å². The van der Waals surface area contributed by atoms with Crippen LogP contribution in [0.2, 0.25) is 5.02 Å². The van der Waals surface area contributed by atoms with Crippen molar-refractivity contribution in [2.75, 3.05) is 6.61 Å². The number of hydrogen-bond donors (Lipinski definition) is 2. The van der Waals surface area contributed by atoms with E-state index in [1.807, 2.05) is 0 Å². The maximum absolute atomic E-state index is 14.1. The van der Waals surface area contributed by atoms with Gasteiger partial charge in [-0.2, -0.15) is 0 Å². The zero-order valence-electron chi connectivity index (χ0n) is 13.5. The van der Waals surface area contributed by atoms with Crippen molar-refractivity contribution in [3.8, 4) is 5.75 Å². The minimum Gasteiger partial charge on any atom is -0.491 e. The molecule has 4 nitrogen and oxygen atoms in total. The van der Waals surface area contributed by atoms with Crippen molar-refractivity contribution in [1.82, 2.24) is 0 Å². The lowest BCUT2D eigenvalue weighted by atomic mass is 9.84. The zero-order valence-corrected chi connectivity index (χ0v) is 14.2. The summed E-state index contributed by atoms with van der Waals surface area (Å²) in [5.41, 5.74) is 0. The molecule has 6 atom stereocenters. The van der Waals surface area contributed by atoms with Crippen LogP contribution in [0.4, 0.5) is 4.39 Å². The van der Waals surface area contributed by atoms with Crippen LogP contribution in [0.5, 0.6) is 5.75 Å². The van der Waals surface area contributed by atoms with Crippen LogP contribution in [0.15, 0.2) is 24.3 Å². The summed E-state index contributed by atoms with van der Waals surface area (Å²) in [5, 5.41) is 20.3. The molecule has 0 bridgehead atoms. The Kier molecular flexibility index (Phi) is 5.98. The van der Waals surface area contributed by atoms with Gasteiger partial charge in [-0.05, 0) is 55.7 Å². The molecule has 0 spiro atoms.